The van der Waals surface area contributed by atoms with E-state index in [0.717, 1.165) is 32.7 Å². The van der Waals surface area contributed by atoms with Gasteiger partial charge in [-0.1, -0.05) is 17.7 Å². The molecule has 2 aliphatic rings. The second-order valence-corrected chi connectivity index (χ2v) is 8.58. The molecule has 1 atom stereocenters. The number of pyridine rings is 1. The molecule has 0 unspecified atom stereocenters. The normalized spacial score (nSPS) is 18.6. The fourth-order valence-corrected chi connectivity index (χ4v) is 4.01. The van der Waals surface area contributed by atoms with Crippen molar-refractivity contribution in [3.05, 3.63) is 47.4 Å². The lowest BCUT2D eigenvalue weighted by Crippen LogP contribution is -2.36. The van der Waals surface area contributed by atoms with Crippen molar-refractivity contribution < 1.29 is 19.1 Å². The number of hydrogen-bond acceptors (Lipinski definition) is 9. The van der Waals surface area contributed by atoms with Gasteiger partial charge in [0.25, 0.3) is 5.91 Å². The first-order valence-corrected chi connectivity index (χ1v) is 11.8. The van der Waals surface area contributed by atoms with Crippen LogP contribution >= 0.6 is 11.6 Å². The van der Waals surface area contributed by atoms with Crippen LogP contribution in [-0.2, 0) is 9.53 Å². The molecule has 35 heavy (non-hydrogen) atoms. The molecule has 0 aliphatic carbocycles. The van der Waals surface area contributed by atoms with Crippen LogP contribution in [0.3, 0.4) is 0 Å². The van der Waals surface area contributed by atoms with Gasteiger partial charge >= 0.3 is 0 Å². The van der Waals surface area contributed by atoms with Crippen molar-refractivity contribution in [2.45, 2.75) is 12.5 Å². The summed E-state index contributed by atoms with van der Waals surface area (Å²) in [5, 5.41) is 6.30. The first-order chi connectivity index (χ1) is 17.0. The number of rotatable bonds is 8. The van der Waals surface area contributed by atoms with E-state index in [9.17, 15) is 9.59 Å². The Bertz CT molecular complexity index is 1060. The number of carbonyl (C=O) groups excluding carboxylic acids is 2. The Morgan fingerprint density at radius 1 is 1.23 bits per heavy atom. The fraction of sp³-hybridized carbons (Fsp3) is 0.435. The van der Waals surface area contributed by atoms with E-state index in [1.165, 1.54) is 25.6 Å². The third kappa shape index (κ3) is 6.87. The van der Waals surface area contributed by atoms with E-state index in [1.54, 1.807) is 17.0 Å². The summed E-state index contributed by atoms with van der Waals surface area (Å²) in [6, 6.07) is 3.28. The summed E-state index contributed by atoms with van der Waals surface area (Å²) < 4.78 is 10.4. The number of aromatic nitrogens is 3. The zero-order valence-corrected chi connectivity index (χ0v) is 20.2. The fourth-order valence-electron chi connectivity index (χ4n) is 3.84. The van der Waals surface area contributed by atoms with Crippen LogP contribution in [0.4, 0.5) is 11.6 Å². The number of hydrogen-bond donors (Lipinski definition) is 2. The highest BCUT2D eigenvalue weighted by Crippen LogP contribution is 2.23. The highest BCUT2D eigenvalue weighted by Gasteiger charge is 2.28. The highest BCUT2D eigenvalue weighted by molar-refractivity contribution is 6.31. The van der Waals surface area contributed by atoms with Crippen molar-refractivity contribution in [3.63, 3.8) is 0 Å². The second kappa shape index (κ2) is 11.9. The Kier molecular flexibility index (Phi) is 8.45. The molecule has 186 valence electrons. The number of methoxy groups -OCH3 is 1. The smallest absolute Gasteiger partial charge is 0.272 e. The first kappa shape index (κ1) is 24.8. The van der Waals surface area contributed by atoms with Gasteiger partial charge < -0.3 is 25.0 Å². The SMILES string of the molecule is COc1nc(N[C@@H]2CCN(C(=O)c3ccc(NC(=O)/C=C/CN4CCOCC4)cn3)C2)ncc1Cl. The zero-order chi connectivity index (χ0) is 24.6. The van der Waals surface area contributed by atoms with E-state index in [2.05, 4.69) is 30.5 Å². The number of amides is 2. The van der Waals surface area contributed by atoms with Gasteiger partial charge in [0.15, 0.2) is 0 Å². The number of likely N-dealkylation sites (tertiary alicyclic amines) is 1. The molecule has 2 aliphatic heterocycles. The molecule has 2 N–H and O–H groups in total. The maximum atomic E-state index is 12.9. The summed E-state index contributed by atoms with van der Waals surface area (Å²) in [6.07, 6.45) is 7.03. The van der Waals surface area contributed by atoms with Gasteiger partial charge in [-0.2, -0.15) is 4.98 Å². The van der Waals surface area contributed by atoms with Crippen LogP contribution in [0, 0.1) is 0 Å². The third-order valence-corrected chi connectivity index (χ3v) is 5.96. The maximum Gasteiger partial charge on any atom is 0.272 e. The molecule has 0 spiro atoms. The number of nitrogens with one attached hydrogen (secondary N) is 2. The van der Waals surface area contributed by atoms with Crippen molar-refractivity contribution in [1.82, 2.24) is 24.8 Å². The molecule has 2 aromatic heterocycles. The average molecular weight is 502 g/mol. The van der Waals surface area contributed by atoms with E-state index < -0.39 is 0 Å². The Balaban J connectivity index is 1.25. The van der Waals surface area contributed by atoms with E-state index in [4.69, 9.17) is 21.1 Å². The van der Waals surface area contributed by atoms with Crippen molar-refractivity contribution >= 4 is 35.1 Å². The van der Waals surface area contributed by atoms with Crippen LogP contribution in [0.1, 0.15) is 16.9 Å². The molecule has 11 nitrogen and oxygen atoms in total. The lowest BCUT2D eigenvalue weighted by molar-refractivity contribution is -0.111. The van der Waals surface area contributed by atoms with Crippen LogP contribution in [0.2, 0.25) is 5.02 Å². The summed E-state index contributed by atoms with van der Waals surface area (Å²) in [5.41, 5.74) is 0.841. The van der Waals surface area contributed by atoms with Gasteiger partial charge in [0, 0.05) is 44.8 Å². The molecule has 4 heterocycles. The third-order valence-electron chi connectivity index (χ3n) is 5.70. The second-order valence-electron chi connectivity index (χ2n) is 8.17. The van der Waals surface area contributed by atoms with Crippen LogP contribution < -0.4 is 15.4 Å². The monoisotopic (exact) mass is 501 g/mol. The number of anilines is 2. The standard InChI is InChI=1S/C23H28ClN7O4/c1-34-21-18(24)14-26-23(29-21)28-17-6-8-31(15-17)22(33)19-5-4-16(13-25-19)27-20(32)3-2-7-30-9-11-35-12-10-30/h2-5,13-14,17H,6-12,15H2,1H3,(H,27,32)(H,26,28,29)/b3-2+/t17-/m1/s1. The summed E-state index contributed by atoms with van der Waals surface area (Å²) in [5.74, 6) is 0.266. The number of ether oxygens (including phenoxy) is 2. The summed E-state index contributed by atoms with van der Waals surface area (Å²) in [4.78, 5) is 41.6. The Labute approximate surface area is 208 Å². The Hall–Kier alpha value is -3.28. The minimum Gasteiger partial charge on any atom is -0.480 e. The largest absolute Gasteiger partial charge is 0.480 e. The Morgan fingerprint density at radius 2 is 2.06 bits per heavy atom. The number of carbonyl (C=O) groups is 2. The summed E-state index contributed by atoms with van der Waals surface area (Å²) in [6.45, 7) is 4.93. The minimum absolute atomic E-state index is 0.00681. The van der Waals surface area contributed by atoms with Gasteiger partial charge in [0.1, 0.15) is 10.7 Å². The lowest BCUT2D eigenvalue weighted by atomic mass is 10.3. The van der Waals surface area contributed by atoms with Crippen LogP contribution in [-0.4, -0.2) is 95.7 Å². The van der Waals surface area contributed by atoms with Gasteiger partial charge in [0.2, 0.25) is 17.7 Å². The molecule has 4 rings (SSSR count). The molecule has 2 aromatic rings. The van der Waals surface area contributed by atoms with Gasteiger partial charge in [-0.3, -0.25) is 14.5 Å². The van der Waals surface area contributed by atoms with Gasteiger partial charge in [-0.25, -0.2) is 9.97 Å². The molecular formula is C23H28ClN7O4. The molecule has 2 fully saturated rings. The van der Waals surface area contributed by atoms with Crippen LogP contribution in [0.15, 0.2) is 36.7 Å². The van der Waals surface area contributed by atoms with Crippen LogP contribution in [0.5, 0.6) is 5.88 Å². The summed E-state index contributed by atoms with van der Waals surface area (Å²) in [7, 11) is 1.49. The molecule has 2 saturated heterocycles. The van der Waals surface area contributed by atoms with Gasteiger partial charge in [0.05, 0.1) is 38.4 Å². The molecule has 0 aromatic carbocycles. The first-order valence-electron chi connectivity index (χ1n) is 11.4. The van der Waals surface area contributed by atoms with Crippen molar-refractivity contribution in [2.24, 2.45) is 0 Å². The van der Waals surface area contributed by atoms with Crippen molar-refractivity contribution in [3.8, 4) is 5.88 Å². The molecule has 0 bridgehead atoms. The van der Waals surface area contributed by atoms with E-state index in [1.807, 2.05) is 6.08 Å². The lowest BCUT2D eigenvalue weighted by Gasteiger charge is -2.24. The van der Waals surface area contributed by atoms with E-state index in [-0.39, 0.29) is 17.9 Å². The molecule has 0 radical (unpaired) electrons. The van der Waals surface area contributed by atoms with Gasteiger partial charge in [-0.05, 0) is 18.6 Å². The zero-order valence-electron chi connectivity index (χ0n) is 19.4. The Morgan fingerprint density at radius 3 is 2.80 bits per heavy atom. The molecule has 0 saturated carbocycles. The predicted octanol–water partition coefficient (Wildman–Crippen LogP) is 1.69. The highest BCUT2D eigenvalue weighted by atomic mass is 35.5. The number of morpholine rings is 1. The summed E-state index contributed by atoms with van der Waals surface area (Å²) >= 11 is 5.97. The van der Waals surface area contributed by atoms with Crippen molar-refractivity contribution in [2.75, 3.05) is 63.7 Å². The molecule has 2 amide bonds. The molecule has 12 heteroatoms. The number of halogens is 1. The molecular weight excluding hydrogens is 474 g/mol. The van der Waals surface area contributed by atoms with E-state index in [0.29, 0.717) is 47.9 Å². The van der Waals surface area contributed by atoms with E-state index >= 15 is 0 Å². The minimum atomic E-state index is -0.242. The number of nitrogens with zero attached hydrogens (tertiary/aromatic N) is 5. The average Bonchev–Trinajstić information content (AvgIpc) is 3.34. The van der Waals surface area contributed by atoms with Gasteiger partial charge in [-0.15, -0.1) is 0 Å². The predicted molar refractivity (Wildman–Crippen MR) is 131 cm³/mol. The maximum absolute atomic E-state index is 12.9. The topological polar surface area (TPSA) is 122 Å². The quantitative estimate of drug-likeness (QED) is 0.520. The van der Waals surface area contributed by atoms with Crippen LogP contribution in [0.25, 0.3) is 0 Å². The van der Waals surface area contributed by atoms with Crippen molar-refractivity contribution in [1.29, 1.82) is 0 Å².